The van der Waals surface area contributed by atoms with Crippen molar-refractivity contribution >= 4 is 17.5 Å². The first-order valence-electron chi connectivity index (χ1n) is 8.89. The molecule has 0 radical (unpaired) electrons. The molecule has 0 aliphatic carbocycles. The van der Waals surface area contributed by atoms with E-state index in [1.807, 2.05) is 54.6 Å². The van der Waals surface area contributed by atoms with Gasteiger partial charge in [0.2, 0.25) is 11.8 Å². The first-order valence-corrected chi connectivity index (χ1v) is 8.89. The molecule has 1 heterocycles. The van der Waals surface area contributed by atoms with Gasteiger partial charge in [-0.2, -0.15) is 0 Å². The Bertz CT molecular complexity index is 776. The van der Waals surface area contributed by atoms with Gasteiger partial charge in [0.1, 0.15) is 11.8 Å². The van der Waals surface area contributed by atoms with Crippen LogP contribution in [0, 0.1) is 0 Å². The summed E-state index contributed by atoms with van der Waals surface area (Å²) < 4.78 is 5.24. The van der Waals surface area contributed by atoms with E-state index in [9.17, 15) is 9.59 Å². The molecule has 0 saturated carbocycles. The van der Waals surface area contributed by atoms with Crippen LogP contribution in [0.1, 0.15) is 18.9 Å². The van der Waals surface area contributed by atoms with Gasteiger partial charge in [-0.25, -0.2) is 0 Å². The lowest BCUT2D eigenvalue weighted by molar-refractivity contribution is -0.140. The minimum Gasteiger partial charge on any atom is -0.497 e. The van der Waals surface area contributed by atoms with E-state index in [1.54, 1.807) is 23.8 Å². The molecule has 0 N–H and O–H groups in total. The largest absolute Gasteiger partial charge is 0.497 e. The maximum Gasteiger partial charge on any atom is 0.249 e. The summed E-state index contributed by atoms with van der Waals surface area (Å²) >= 11 is 0. The van der Waals surface area contributed by atoms with Crippen LogP contribution in [0.25, 0.3) is 0 Å². The van der Waals surface area contributed by atoms with Crippen LogP contribution in [-0.4, -0.2) is 43.0 Å². The summed E-state index contributed by atoms with van der Waals surface area (Å²) in [5.74, 6) is 0.682. The minimum absolute atomic E-state index is 0.0278. The third-order valence-electron chi connectivity index (χ3n) is 4.81. The molecule has 1 aliphatic rings. The molecule has 5 heteroatoms. The van der Waals surface area contributed by atoms with Gasteiger partial charge in [-0.05, 0) is 31.0 Å². The van der Waals surface area contributed by atoms with Gasteiger partial charge in [-0.1, -0.05) is 36.4 Å². The predicted octanol–water partition coefficient (Wildman–Crippen LogP) is 2.89. The zero-order valence-corrected chi connectivity index (χ0v) is 15.2. The van der Waals surface area contributed by atoms with Gasteiger partial charge in [-0.3, -0.25) is 9.59 Å². The Morgan fingerprint density at radius 2 is 1.88 bits per heavy atom. The van der Waals surface area contributed by atoms with E-state index in [1.165, 1.54) is 0 Å². The molecular weight excluding hydrogens is 328 g/mol. The molecule has 0 bridgehead atoms. The standard InChI is InChI=1S/C21H24N2O3/c1-16-21(25)23(18-9-6-10-19(15-18)26-2)14-13-22(16)20(24)12-11-17-7-4-3-5-8-17/h3-10,15-16H,11-14H2,1-2H3/t16-/m0/s1. The molecule has 3 rings (SSSR count). The number of hydrogen-bond acceptors (Lipinski definition) is 3. The normalized spacial score (nSPS) is 17.3. The van der Waals surface area contributed by atoms with Crippen molar-refractivity contribution < 1.29 is 14.3 Å². The van der Waals surface area contributed by atoms with E-state index in [0.29, 0.717) is 31.7 Å². The van der Waals surface area contributed by atoms with Gasteiger partial charge in [0.05, 0.1) is 7.11 Å². The highest BCUT2D eigenvalue weighted by Crippen LogP contribution is 2.25. The summed E-state index contributed by atoms with van der Waals surface area (Å²) in [4.78, 5) is 28.8. The number of piperazine rings is 1. The Labute approximate surface area is 154 Å². The number of rotatable bonds is 5. The molecule has 0 spiro atoms. The van der Waals surface area contributed by atoms with Crippen molar-refractivity contribution in [2.24, 2.45) is 0 Å². The predicted molar refractivity (Wildman–Crippen MR) is 101 cm³/mol. The highest BCUT2D eigenvalue weighted by Gasteiger charge is 2.34. The quantitative estimate of drug-likeness (QED) is 0.831. The molecule has 1 saturated heterocycles. The second-order valence-corrected chi connectivity index (χ2v) is 6.44. The molecule has 1 fully saturated rings. The van der Waals surface area contributed by atoms with Gasteiger partial charge in [-0.15, -0.1) is 0 Å². The maximum absolute atomic E-state index is 12.8. The van der Waals surface area contributed by atoms with E-state index in [4.69, 9.17) is 4.74 Å². The summed E-state index contributed by atoms with van der Waals surface area (Å²) in [6, 6.07) is 16.9. The number of carbonyl (C=O) groups is 2. The topological polar surface area (TPSA) is 49.9 Å². The lowest BCUT2D eigenvalue weighted by Gasteiger charge is -2.39. The molecular formula is C21H24N2O3. The molecule has 136 valence electrons. The highest BCUT2D eigenvalue weighted by atomic mass is 16.5. The number of hydrogen-bond donors (Lipinski definition) is 0. The summed E-state index contributed by atoms with van der Waals surface area (Å²) in [5.41, 5.74) is 1.94. The van der Waals surface area contributed by atoms with Gasteiger partial charge >= 0.3 is 0 Å². The van der Waals surface area contributed by atoms with Crippen molar-refractivity contribution in [2.45, 2.75) is 25.8 Å². The van der Waals surface area contributed by atoms with Crippen LogP contribution in [0.4, 0.5) is 5.69 Å². The molecule has 1 aliphatic heterocycles. The Balaban J connectivity index is 1.64. The average Bonchev–Trinajstić information content (AvgIpc) is 2.69. The van der Waals surface area contributed by atoms with Crippen LogP contribution in [-0.2, 0) is 16.0 Å². The van der Waals surface area contributed by atoms with E-state index in [2.05, 4.69) is 0 Å². The van der Waals surface area contributed by atoms with Crippen LogP contribution in [0.5, 0.6) is 5.75 Å². The fraction of sp³-hybridized carbons (Fsp3) is 0.333. The smallest absolute Gasteiger partial charge is 0.249 e. The van der Waals surface area contributed by atoms with Crippen molar-refractivity contribution in [1.82, 2.24) is 4.90 Å². The summed E-state index contributed by atoms with van der Waals surface area (Å²) in [6.07, 6.45) is 1.11. The van der Waals surface area contributed by atoms with Gasteiger partial charge < -0.3 is 14.5 Å². The fourth-order valence-corrected chi connectivity index (χ4v) is 3.29. The average molecular weight is 352 g/mol. The van der Waals surface area contributed by atoms with Crippen molar-refractivity contribution in [2.75, 3.05) is 25.1 Å². The molecule has 26 heavy (non-hydrogen) atoms. The number of amides is 2. The number of methoxy groups -OCH3 is 1. The number of nitrogens with zero attached hydrogens (tertiary/aromatic N) is 2. The number of ether oxygens (including phenoxy) is 1. The van der Waals surface area contributed by atoms with Crippen molar-refractivity contribution in [3.63, 3.8) is 0 Å². The number of anilines is 1. The summed E-state index contributed by atoms with van der Waals surface area (Å²) in [6.45, 7) is 2.83. The third-order valence-corrected chi connectivity index (χ3v) is 4.81. The summed E-state index contributed by atoms with van der Waals surface area (Å²) in [7, 11) is 1.60. The SMILES string of the molecule is COc1cccc(N2CCN(C(=O)CCc3ccccc3)[C@@H](C)C2=O)c1. The monoisotopic (exact) mass is 352 g/mol. The van der Waals surface area contributed by atoms with Gasteiger partial charge in [0.25, 0.3) is 0 Å². The molecule has 0 unspecified atom stereocenters. The summed E-state index contributed by atoms with van der Waals surface area (Å²) in [5, 5.41) is 0. The van der Waals surface area contributed by atoms with Crippen LogP contribution in [0.2, 0.25) is 0 Å². The number of benzene rings is 2. The Morgan fingerprint density at radius 1 is 1.12 bits per heavy atom. The first kappa shape index (κ1) is 18.0. The second-order valence-electron chi connectivity index (χ2n) is 6.44. The molecule has 1 atom stereocenters. The zero-order chi connectivity index (χ0) is 18.5. The molecule has 2 aromatic carbocycles. The number of carbonyl (C=O) groups excluding carboxylic acids is 2. The van der Waals surface area contributed by atoms with E-state index in [-0.39, 0.29) is 11.8 Å². The van der Waals surface area contributed by atoms with Crippen LogP contribution in [0.15, 0.2) is 54.6 Å². The first-order chi connectivity index (χ1) is 12.6. The molecule has 5 nitrogen and oxygen atoms in total. The molecule has 2 amide bonds. The van der Waals surface area contributed by atoms with Crippen molar-refractivity contribution in [3.05, 3.63) is 60.2 Å². The van der Waals surface area contributed by atoms with Crippen molar-refractivity contribution in [3.8, 4) is 5.75 Å². The van der Waals surface area contributed by atoms with E-state index in [0.717, 1.165) is 11.3 Å². The van der Waals surface area contributed by atoms with Gasteiger partial charge in [0, 0.05) is 31.3 Å². The van der Waals surface area contributed by atoms with Crippen LogP contribution in [0.3, 0.4) is 0 Å². The second kappa shape index (κ2) is 8.04. The van der Waals surface area contributed by atoms with Crippen molar-refractivity contribution in [1.29, 1.82) is 0 Å². The molecule has 2 aromatic rings. The zero-order valence-electron chi connectivity index (χ0n) is 15.2. The Kier molecular flexibility index (Phi) is 5.56. The maximum atomic E-state index is 12.8. The van der Waals surface area contributed by atoms with Crippen LogP contribution >= 0.6 is 0 Å². The molecule has 0 aromatic heterocycles. The highest BCUT2D eigenvalue weighted by molar-refractivity contribution is 6.00. The Morgan fingerprint density at radius 3 is 2.62 bits per heavy atom. The van der Waals surface area contributed by atoms with E-state index < -0.39 is 6.04 Å². The lowest BCUT2D eigenvalue weighted by atomic mass is 10.1. The van der Waals surface area contributed by atoms with Crippen LogP contribution < -0.4 is 9.64 Å². The van der Waals surface area contributed by atoms with Gasteiger partial charge in [0.15, 0.2) is 0 Å². The lowest BCUT2D eigenvalue weighted by Crippen LogP contribution is -2.57. The fourth-order valence-electron chi connectivity index (χ4n) is 3.29. The minimum atomic E-state index is -0.460. The third kappa shape index (κ3) is 3.87. The Hall–Kier alpha value is -2.82. The number of aryl methyl sites for hydroxylation is 1. The van der Waals surface area contributed by atoms with E-state index >= 15 is 0 Å².